The van der Waals surface area contributed by atoms with Crippen molar-refractivity contribution in [2.75, 3.05) is 56.0 Å². The second-order valence-electron chi connectivity index (χ2n) is 7.64. The van der Waals surface area contributed by atoms with Crippen molar-refractivity contribution in [1.82, 2.24) is 9.80 Å². The fraction of sp³-hybridized carbons (Fsp3) is 0.391. The first kappa shape index (κ1) is 23.2. The van der Waals surface area contributed by atoms with Crippen LogP contribution in [0.3, 0.4) is 0 Å². The smallest absolute Gasteiger partial charge is 0.269 e. The molecule has 170 valence electrons. The Morgan fingerprint density at radius 2 is 1.69 bits per heavy atom. The first-order valence-electron chi connectivity index (χ1n) is 10.8. The minimum absolute atomic E-state index is 0.0477. The molecular formula is C23H29N5O4. The molecule has 1 aliphatic heterocycles. The van der Waals surface area contributed by atoms with Crippen LogP contribution in [0, 0.1) is 10.1 Å². The zero-order valence-electron chi connectivity index (χ0n) is 18.5. The molecule has 0 spiro atoms. The average Bonchev–Trinajstić information content (AvgIpc) is 2.80. The van der Waals surface area contributed by atoms with Crippen LogP contribution >= 0.6 is 0 Å². The summed E-state index contributed by atoms with van der Waals surface area (Å²) in [5, 5.41) is 13.7. The number of hydrogen-bond donors (Lipinski definition) is 1. The molecule has 0 saturated carbocycles. The Morgan fingerprint density at radius 3 is 2.28 bits per heavy atom. The Bertz CT molecular complexity index is 951. The Balaban J connectivity index is 1.51. The topological polar surface area (TPSA) is 99.0 Å². The predicted molar refractivity (Wildman–Crippen MR) is 124 cm³/mol. The molecule has 0 atom stereocenters. The molecule has 1 aliphatic rings. The van der Waals surface area contributed by atoms with Gasteiger partial charge in [0.05, 0.1) is 11.5 Å². The maximum atomic E-state index is 12.5. The third-order valence-corrected chi connectivity index (χ3v) is 5.61. The van der Waals surface area contributed by atoms with Crippen LogP contribution in [-0.2, 0) is 4.79 Å². The van der Waals surface area contributed by atoms with E-state index in [4.69, 9.17) is 0 Å². The van der Waals surface area contributed by atoms with E-state index in [2.05, 4.69) is 15.1 Å². The van der Waals surface area contributed by atoms with Crippen LogP contribution in [0.1, 0.15) is 24.2 Å². The number of piperazine rings is 1. The monoisotopic (exact) mass is 439 g/mol. The fourth-order valence-electron chi connectivity index (χ4n) is 3.78. The molecule has 32 heavy (non-hydrogen) atoms. The molecule has 1 heterocycles. The van der Waals surface area contributed by atoms with Gasteiger partial charge in [-0.15, -0.1) is 0 Å². The fourth-order valence-corrected chi connectivity index (χ4v) is 3.78. The second kappa shape index (κ2) is 10.7. The van der Waals surface area contributed by atoms with E-state index in [9.17, 15) is 19.7 Å². The number of nitrogens with one attached hydrogen (secondary N) is 1. The van der Waals surface area contributed by atoms with E-state index in [0.29, 0.717) is 37.4 Å². The molecule has 2 amide bonds. The number of nitro groups is 1. The van der Waals surface area contributed by atoms with Crippen molar-refractivity contribution in [3.63, 3.8) is 0 Å². The van der Waals surface area contributed by atoms with Crippen LogP contribution in [-0.4, -0.2) is 72.4 Å². The molecule has 0 radical (unpaired) electrons. The van der Waals surface area contributed by atoms with Crippen LogP contribution in [0.4, 0.5) is 17.1 Å². The number of nitrogens with zero attached hydrogens (tertiary/aromatic N) is 4. The van der Waals surface area contributed by atoms with Gasteiger partial charge < -0.3 is 15.1 Å². The van der Waals surface area contributed by atoms with Crippen molar-refractivity contribution in [3.8, 4) is 0 Å². The highest BCUT2D eigenvalue weighted by atomic mass is 16.6. The SMILES string of the molecule is CCN(CC)C(=O)c1cccc(NC(=O)CN2CCN(c3ccc([N+](=O)[O-])cc3)CC2)c1. The van der Waals surface area contributed by atoms with Gasteiger partial charge in [0.1, 0.15) is 0 Å². The normalized spacial score (nSPS) is 14.1. The molecule has 1 saturated heterocycles. The number of non-ortho nitro benzene ring substituents is 1. The number of carbonyl (C=O) groups is 2. The summed E-state index contributed by atoms with van der Waals surface area (Å²) in [7, 11) is 0. The van der Waals surface area contributed by atoms with E-state index in [-0.39, 0.29) is 24.0 Å². The predicted octanol–water partition coefficient (Wildman–Crippen LogP) is 2.84. The first-order valence-corrected chi connectivity index (χ1v) is 10.8. The first-order chi connectivity index (χ1) is 15.4. The largest absolute Gasteiger partial charge is 0.369 e. The molecule has 0 aliphatic carbocycles. The third-order valence-electron chi connectivity index (χ3n) is 5.61. The molecular weight excluding hydrogens is 410 g/mol. The highest BCUT2D eigenvalue weighted by Gasteiger charge is 2.20. The van der Waals surface area contributed by atoms with Gasteiger partial charge in [-0.25, -0.2) is 0 Å². The van der Waals surface area contributed by atoms with Crippen LogP contribution in [0.25, 0.3) is 0 Å². The molecule has 2 aromatic carbocycles. The number of rotatable bonds is 8. The molecule has 2 aromatic rings. The van der Waals surface area contributed by atoms with Gasteiger partial charge >= 0.3 is 0 Å². The van der Waals surface area contributed by atoms with E-state index < -0.39 is 4.92 Å². The van der Waals surface area contributed by atoms with Crippen molar-refractivity contribution in [2.24, 2.45) is 0 Å². The average molecular weight is 440 g/mol. The van der Waals surface area contributed by atoms with Crippen LogP contribution in [0.15, 0.2) is 48.5 Å². The lowest BCUT2D eigenvalue weighted by Crippen LogP contribution is -2.48. The summed E-state index contributed by atoms with van der Waals surface area (Å²) in [6.07, 6.45) is 0. The van der Waals surface area contributed by atoms with Crippen LogP contribution < -0.4 is 10.2 Å². The maximum absolute atomic E-state index is 12.5. The van der Waals surface area contributed by atoms with Gasteiger partial charge in [0.2, 0.25) is 5.91 Å². The van der Waals surface area contributed by atoms with Crippen LogP contribution in [0.2, 0.25) is 0 Å². The Kier molecular flexibility index (Phi) is 7.77. The number of nitro benzene ring substituents is 1. The number of benzene rings is 2. The van der Waals surface area contributed by atoms with Gasteiger partial charge in [0.25, 0.3) is 11.6 Å². The zero-order valence-corrected chi connectivity index (χ0v) is 18.5. The summed E-state index contributed by atoms with van der Waals surface area (Å²) in [4.78, 5) is 41.4. The molecule has 0 bridgehead atoms. The summed E-state index contributed by atoms with van der Waals surface area (Å²) in [5.41, 5.74) is 2.18. The third kappa shape index (κ3) is 5.82. The molecule has 3 rings (SSSR count). The molecule has 9 heteroatoms. The van der Waals surface area contributed by atoms with Crippen molar-refractivity contribution >= 4 is 28.9 Å². The number of anilines is 2. The quantitative estimate of drug-likeness (QED) is 0.502. The summed E-state index contributed by atoms with van der Waals surface area (Å²) < 4.78 is 0. The van der Waals surface area contributed by atoms with Gasteiger partial charge in [0.15, 0.2) is 0 Å². The summed E-state index contributed by atoms with van der Waals surface area (Å²) in [6.45, 7) is 8.31. The van der Waals surface area contributed by atoms with E-state index in [1.165, 1.54) is 12.1 Å². The summed E-state index contributed by atoms with van der Waals surface area (Å²) >= 11 is 0. The lowest BCUT2D eigenvalue weighted by atomic mass is 10.1. The van der Waals surface area contributed by atoms with Crippen LogP contribution in [0.5, 0.6) is 0 Å². The molecule has 0 unspecified atom stereocenters. The molecule has 1 N–H and O–H groups in total. The molecule has 0 aromatic heterocycles. The van der Waals surface area contributed by atoms with Crippen molar-refractivity contribution < 1.29 is 14.5 Å². The van der Waals surface area contributed by atoms with Crippen molar-refractivity contribution in [1.29, 1.82) is 0 Å². The van der Waals surface area contributed by atoms with Gasteiger partial charge in [-0.1, -0.05) is 6.07 Å². The highest BCUT2D eigenvalue weighted by Crippen LogP contribution is 2.20. The zero-order chi connectivity index (χ0) is 23.1. The van der Waals surface area contributed by atoms with E-state index in [0.717, 1.165) is 18.8 Å². The highest BCUT2D eigenvalue weighted by molar-refractivity contribution is 5.97. The lowest BCUT2D eigenvalue weighted by Gasteiger charge is -2.35. The van der Waals surface area contributed by atoms with E-state index in [1.54, 1.807) is 41.3 Å². The molecule has 1 fully saturated rings. The molecule has 9 nitrogen and oxygen atoms in total. The van der Waals surface area contributed by atoms with Crippen molar-refractivity contribution in [2.45, 2.75) is 13.8 Å². The number of hydrogen-bond acceptors (Lipinski definition) is 6. The summed E-state index contributed by atoms with van der Waals surface area (Å²) in [5.74, 6) is -0.172. The van der Waals surface area contributed by atoms with Gasteiger partial charge in [-0.05, 0) is 44.2 Å². The number of carbonyl (C=O) groups excluding carboxylic acids is 2. The van der Waals surface area contributed by atoms with Crippen molar-refractivity contribution in [3.05, 3.63) is 64.2 Å². The van der Waals surface area contributed by atoms with Gasteiger partial charge in [-0.3, -0.25) is 24.6 Å². The Morgan fingerprint density at radius 1 is 1.03 bits per heavy atom. The number of amides is 2. The van der Waals surface area contributed by atoms with E-state index >= 15 is 0 Å². The van der Waals surface area contributed by atoms with Gasteiger partial charge in [0, 0.05) is 68.3 Å². The van der Waals surface area contributed by atoms with E-state index in [1.807, 2.05) is 13.8 Å². The Labute approximate surface area is 187 Å². The standard InChI is InChI=1S/C23H29N5O4/c1-3-26(4-2)23(30)18-6-5-7-19(16-18)24-22(29)17-25-12-14-27(15-13-25)20-8-10-21(11-9-20)28(31)32/h5-11,16H,3-4,12-15,17H2,1-2H3,(H,24,29). The Hall–Kier alpha value is -3.46. The maximum Gasteiger partial charge on any atom is 0.269 e. The minimum atomic E-state index is -0.407. The van der Waals surface area contributed by atoms with Gasteiger partial charge in [-0.2, -0.15) is 0 Å². The summed E-state index contributed by atoms with van der Waals surface area (Å²) in [6, 6.07) is 13.6. The minimum Gasteiger partial charge on any atom is -0.369 e. The second-order valence-corrected chi connectivity index (χ2v) is 7.64. The lowest BCUT2D eigenvalue weighted by molar-refractivity contribution is -0.384.